The summed E-state index contributed by atoms with van der Waals surface area (Å²) in [6.45, 7) is 17.7. The van der Waals surface area contributed by atoms with Gasteiger partial charge in [0.05, 0.1) is 38.9 Å². The lowest BCUT2D eigenvalue weighted by Gasteiger charge is -2.35. The van der Waals surface area contributed by atoms with Crippen molar-refractivity contribution in [2.45, 2.75) is 78.3 Å². The molecule has 0 heterocycles. The second-order valence-corrected chi connectivity index (χ2v) is 12.5. The predicted molar refractivity (Wildman–Crippen MR) is 170 cm³/mol. The van der Waals surface area contributed by atoms with Crippen LogP contribution in [0.25, 0.3) is 0 Å². The van der Waals surface area contributed by atoms with Gasteiger partial charge in [0.25, 0.3) is 8.53 Å². The van der Waals surface area contributed by atoms with Crippen LogP contribution in [0.3, 0.4) is 0 Å². The van der Waals surface area contributed by atoms with Gasteiger partial charge in [-0.05, 0) is 77.5 Å². The van der Waals surface area contributed by atoms with Crippen LogP contribution in [0.2, 0.25) is 0 Å². The lowest BCUT2D eigenvalue weighted by atomic mass is 10.2. The van der Waals surface area contributed by atoms with Crippen molar-refractivity contribution in [1.29, 1.82) is 5.26 Å². The van der Waals surface area contributed by atoms with Crippen molar-refractivity contribution in [3.8, 4) is 6.07 Å². The molecule has 1 unspecified atom stereocenters. The van der Waals surface area contributed by atoms with Gasteiger partial charge in [0.2, 0.25) is 0 Å². The molecule has 0 bridgehead atoms. The summed E-state index contributed by atoms with van der Waals surface area (Å²) >= 11 is 0. The molecule has 0 spiro atoms. The van der Waals surface area contributed by atoms with E-state index >= 15 is 0 Å². The maximum absolute atomic E-state index is 8.89. The number of nitriles is 1. The van der Waals surface area contributed by atoms with Gasteiger partial charge < -0.3 is 28.7 Å². The SMILES string of the molecule is CC(C)N(C(C)C)P(OCCC#N)OCCCNCCN(CCCOCC1=CC=CC1)CCCOCC1=CC=CC1. The minimum absolute atomic E-state index is 0.316. The minimum atomic E-state index is -1.17. The van der Waals surface area contributed by atoms with E-state index in [0.717, 1.165) is 91.3 Å². The van der Waals surface area contributed by atoms with Crippen molar-refractivity contribution in [2.24, 2.45) is 0 Å². The Morgan fingerprint density at radius 1 is 0.805 bits per heavy atom. The van der Waals surface area contributed by atoms with E-state index in [-0.39, 0.29) is 0 Å². The molecule has 232 valence electrons. The number of nitrogens with one attached hydrogen (secondary N) is 1. The molecule has 2 aliphatic rings. The lowest BCUT2D eigenvalue weighted by molar-refractivity contribution is 0.124. The van der Waals surface area contributed by atoms with Crippen LogP contribution >= 0.6 is 8.53 Å². The zero-order valence-corrected chi connectivity index (χ0v) is 27.0. The van der Waals surface area contributed by atoms with Gasteiger partial charge in [-0.1, -0.05) is 36.5 Å². The summed E-state index contributed by atoms with van der Waals surface area (Å²) in [4.78, 5) is 2.52. The third-order valence-electron chi connectivity index (χ3n) is 6.76. The van der Waals surface area contributed by atoms with Gasteiger partial charge in [-0.2, -0.15) is 5.26 Å². The highest BCUT2D eigenvalue weighted by Crippen LogP contribution is 2.45. The molecule has 0 aromatic heterocycles. The first-order valence-corrected chi connectivity index (χ1v) is 16.6. The van der Waals surface area contributed by atoms with E-state index in [1.807, 2.05) is 0 Å². The smallest absolute Gasteiger partial charge is 0.259 e. The molecule has 2 rings (SSSR count). The number of hydrogen-bond donors (Lipinski definition) is 1. The maximum Gasteiger partial charge on any atom is 0.259 e. The highest BCUT2D eigenvalue weighted by atomic mass is 31.2. The summed E-state index contributed by atoms with van der Waals surface area (Å²) in [6.07, 6.45) is 18.3. The Balaban J connectivity index is 1.64. The Morgan fingerprint density at radius 3 is 1.90 bits per heavy atom. The van der Waals surface area contributed by atoms with E-state index in [4.69, 9.17) is 23.8 Å². The van der Waals surface area contributed by atoms with E-state index in [0.29, 0.717) is 31.7 Å². The highest BCUT2D eigenvalue weighted by Gasteiger charge is 2.26. The van der Waals surface area contributed by atoms with Crippen molar-refractivity contribution in [3.63, 3.8) is 0 Å². The van der Waals surface area contributed by atoms with Crippen molar-refractivity contribution >= 4 is 8.53 Å². The van der Waals surface area contributed by atoms with Crippen LogP contribution in [0.1, 0.15) is 66.2 Å². The lowest BCUT2D eigenvalue weighted by Crippen LogP contribution is -2.35. The van der Waals surface area contributed by atoms with Crippen molar-refractivity contribution in [1.82, 2.24) is 14.9 Å². The molecule has 0 saturated heterocycles. The van der Waals surface area contributed by atoms with Gasteiger partial charge in [-0.15, -0.1) is 0 Å². The summed E-state index contributed by atoms with van der Waals surface area (Å²) in [7, 11) is -1.17. The number of allylic oxidation sites excluding steroid dienone is 6. The fourth-order valence-electron chi connectivity index (χ4n) is 4.73. The summed E-state index contributed by atoms with van der Waals surface area (Å²) in [6, 6.07) is 2.79. The molecule has 1 N–H and O–H groups in total. The third kappa shape index (κ3) is 16.7. The van der Waals surface area contributed by atoms with Crippen LogP contribution in [0, 0.1) is 11.3 Å². The highest BCUT2D eigenvalue weighted by molar-refractivity contribution is 7.44. The summed E-state index contributed by atoms with van der Waals surface area (Å²) in [5.41, 5.74) is 2.73. The van der Waals surface area contributed by atoms with E-state index in [1.54, 1.807) is 0 Å². The molecule has 41 heavy (non-hydrogen) atoms. The van der Waals surface area contributed by atoms with Crippen LogP contribution in [-0.4, -0.2) is 94.0 Å². The van der Waals surface area contributed by atoms with Gasteiger partial charge in [0, 0.05) is 51.5 Å². The summed E-state index contributed by atoms with van der Waals surface area (Å²) < 4.78 is 26.3. The van der Waals surface area contributed by atoms with Crippen LogP contribution in [-0.2, 0) is 18.5 Å². The van der Waals surface area contributed by atoms with Crippen molar-refractivity contribution in [3.05, 3.63) is 47.6 Å². The first kappa shape index (κ1) is 35.8. The number of rotatable bonds is 26. The Hall–Kier alpha value is -1.40. The average molecular weight is 591 g/mol. The van der Waals surface area contributed by atoms with E-state index < -0.39 is 8.53 Å². The Labute approximate surface area is 251 Å². The molecule has 0 aliphatic heterocycles. The molecule has 0 amide bonds. The molecular formula is C32H55N4O4P. The molecule has 0 fully saturated rings. The van der Waals surface area contributed by atoms with Crippen molar-refractivity contribution in [2.75, 3.05) is 72.4 Å². The molecule has 0 radical (unpaired) electrons. The van der Waals surface area contributed by atoms with Crippen LogP contribution < -0.4 is 5.32 Å². The normalized spacial score (nSPS) is 15.5. The molecule has 2 aliphatic carbocycles. The Bertz CT molecular complexity index is 805. The van der Waals surface area contributed by atoms with Crippen molar-refractivity contribution < 1.29 is 18.5 Å². The molecular weight excluding hydrogens is 535 g/mol. The minimum Gasteiger partial charge on any atom is -0.377 e. The molecule has 9 heteroatoms. The van der Waals surface area contributed by atoms with E-state index in [9.17, 15) is 0 Å². The number of hydrogen-bond acceptors (Lipinski definition) is 8. The quantitative estimate of drug-likeness (QED) is 0.0950. The van der Waals surface area contributed by atoms with Gasteiger partial charge in [-0.3, -0.25) is 0 Å². The number of nitrogens with zero attached hydrogens (tertiary/aromatic N) is 3. The predicted octanol–water partition coefficient (Wildman–Crippen LogP) is 6.15. The van der Waals surface area contributed by atoms with E-state index in [1.165, 1.54) is 11.1 Å². The molecule has 1 atom stereocenters. The Morgan fingerprint density at radius 2 is 1.39 bits per heavy atom. The number of ether oxygens (including phenoxy) is 2. The largest absolute Gasteiger partial charge is 0.377 e. The average Bonchev–Trinajstić information content (AvgIpc) is 3.66. The zero-order valence-electron chi connectivity index (χ0n) is 26.1. The molecule has 0 aromatic rings. The molecule has 0 aromatic carbocycles. The van der Waals surface area contributed by atoms with Gasteiger partial charge in [-0.25, -0.2) is 4.67 Å². The fraction of sp³-hybridized carbons (Fsp3) is 0.719. The Kier molecular flexibility index (Phi) is 20.2. The molecule has 0 saturated carbocycles. The van der Waals surface area contributed by atoms with Gasteiger partial charge in [0.15, 0.2) is 0 Å². The second-order valence-electron chi connectivity index (χ2n) is 11.1. The van der Waals surface area contributed by atoms with Crippen LogP contribution in [0.5, 0.6) is 0 Å². The topological polar surface area (TPSA) is 79.2 Å². The molecule has 8 nitrogen and oxygen atoms in total. The van der Waals surface area contributed by atoms with Gasteiger partial charge >= 0.3 is 0 Å². The first-order valence-electron chi connectivity index (χ1n) is 15.5. The monoisotopic (exact) mass is 590 g/mol. The standard InChI is InChI=1S/C32H55N4O4P/c1-29(2)36(30(3)4)41(39-25-9-17-33)40-26-10-18-34-19-22-35(20-11-23-37-27-31-13-5-6-14-31)21-12-24-38-28-32-15-7-8-16-32/h5-8,13,15,29-30,34H,9-12,14,16,18-28H2,1-4H3. The zero-order chi connectivity index (χ0) is 29.5. The van der Waals surface area contributed by atoms with E-state index in [2.05, 4.69) is 85.1 Å². The first-order chi connectivity index (χ1) is 20.0. The maximum atomic E-state index is 8.89. The second kappa shape index (κ2) is 23.1. The summed E-state index contributed by atoms with van der Waals surface area (Å²) in [5.74, 6) is 0. The summed E-state index contributed by atoms with van der Waals surface area (Å²) in [5, 5.41) is 12.5. The van der Waals surface area contributed by atoms with Crippen LogP contribution in [0.15, 0.2) is 47.6 Å². The fourth-order valence-corrected chi connectivity index (χ4v) is 6.36. The third-order valence-corrected chi connectivity index (χ3v) is 8.87. The van der Waals surface area contributed by atoms with Gasteiger partial charge in [0.1, 0.15) is 0 Å². The van der Waals surface area contributed by atoms with Crippen LogP contribution in [0.4, 0.5) is 0 Å².